The molecular formula is C23H32N6O3. The number of rotatable bonds is 10. The maximum absolute atomic E-state index is 12.9. The van der Waals surface area contributed by atoms with E-state index in [1.165, 1.54) is 0 Å². The van der Waals surface area contributed by atoms with Gasteiger partial charge in [-0.3, -0.25) is 9.69 Å². The van der Waals surface area contributed by atoms with Gasteiger partial charge < -0.3 is 14.8 Å². The number of hydrogen-bond donors (Lipinski definition) is 2. The van der Waals surface area contributed by atoms with Crippen molar-refractivity contribution < 1.29 is 9.84 Å². The van der Waals surface area contributed by atoms with Crippen LogP contribution in [0.3, 0.4) is 0 Å². The number of aliphatic hydroxyl groups is 1. The van der Waals surface area contributed by atoms with E-state index in [0.717, 1.165) is 48.2 Å². The van der Waals surface area contributed by atoms with Crippen LogP contribution in [0.15, 0.2) is 29.1 Å². The molecule has 2 N–H and O–H groups in total. The second-order valence-corrected chi connectivity index (χ2v) is 8.49. The largest absolute Gasteiger partial charge is 0.396 e. The predicted molar refractivity (Wildman–Crippen MR) is 121 cm³/mol. The number of aliphatic hydroxyl groups excluding tert-OH is 1. The molecule has 0 unspecified atom stereocenters. The van der Waals surface area contributed by atoms with Gasteiger partial charge in [0.2, 0.25) is 0 Å². The van der Waals surface area contributed by atoms with Crippen molar-refractivity contribution in [2.75, 3.05) is 19.8 Å². The third-order valence-corrected chi connectivity index (χ3v) is 6.23. The van der Waals surface area contributed by atoms with E-state index in [1.807, 2.05) is 35.9 Å². The average molecular weight is 441 g/mol. The zero-order chi connectivity index (χ0) is 22.5. The van der Waals surface area contributed by atoms with E-state index in [4.69, 9.17) is 4.74 Å². The third-order valence-electron chi connectivity index (χ3n) is 6.23. The van der Waals surface area contributed by atoms with Crippen LogP contribution in [0.1, 0.15) is 55.6 Å². The Morgan fingerprint density at radius 2 is 2.28 bits per heavy atom. The van der Waals surface area contributed by atoms with Crippen LogP contribution in [0.5, 0.6) is 0 Å². The van der Waals surface area contributed by atoms with Crippen molar-refractivity contribution in [3.05, 3.63) is 51.6 Å². The Kier molecular flexibility index (Phi) is 7.29. The van der Waals surface area contributed by atoms with Crippen molar-refractivity contribution >= 4 is 10.9 Å². The third kappa shape index (κ3) is 4.90. The summed E-state index contributed by atoms with van der Waals surface area (Å²) < 4.78 is 7.61. The molecule has 9 heteroatoms. The molecule has 1 saturated heterocycles. The lowest BCUT2D eigenvalue weighted by molar-refractivity contribution is 0.0888. The summed E-state index contributed by atoms with van der Waals surface area (Å²) in [6.07, 6.45) is 3.59. The van der Waals surface area contributed by atoms with E-state index in [0.29, 0.717) is 31.6 Å². The Morgan fingerprint density at radius 1 is 1.41 bits per heavy atom. The van der Waals surface area contributed by atoms with Crippen LogP contribution in [0.25, 0.3) is 10.9 Å². The normalized spacial score (nSPS) is 17.4. The topological polar surface area (TPSA) is 109 Å². The molecule has 1 aromatic carbocycles. The number of H-pyrrole nitrogens is 1. The molecule has 1 fully saturated rings. The monoisotopic (exact) mass is 440 g/mol. The quantitative estimate of drug-likeness (QED) is 0.498. The van der Waals surface area contributed by atoms with Gasteiger partial charge in [-0.2, -0.15) is 0 Å². The van der Waals surface area contributed by atoms with E-state index >= 15 is 0 Å². The number of tetrazole rings is 1. The molecule has 32 heavy (non-hydrogen) atoms. The van der Waals surface area contributed by atoms with Crippen molar-refractivity contribution in [2.45, 2.75) is 64.8 Å². The van der Waals surface area contributed by atoms with Gasteiger partial charge >= 0.3 is 0 Å². The number of aromatic nitrogens is 5. The van der Waals surface area contributed by atoms with Gasteiger partial charge in [-0.05, 0) is 60.0 Å². The van der Waals surface area contributed by atoms with Gasteiger partial charge in [-0.15, -0.1) is 5.10 Å². The van der Waals surface area contributed by atoms with Crippen molar-refractivity contribution in [3.63, 3.8) is 0 Å². The summed E-state index contributed by atoms with van der Waals surface area (Å²) in [4.78, 5) is 18.1. The molecule has 0 radical (unpaired) electrons. The van der Waals surface area contributed by atoms with Crippen LogP contribution in [0, 0.1) is 6.92 Å². The van der Waals surface area contributed by atoms with E-state index in [1.54, 1.807) is 0 Å². The molecule has 0 bridgehead atoms. The fraction of sp³-hybridized carbons (Fsp3) is 0.565. The average Bonchev–Trinajstić information content (AvgIpc) is 3.46. The Balaban J connectivity index is 1.63. The second kappa shape index (κ2) is 10.3. The highest BCUT2D eigenvalue weighted by Gasteiger charge is 2.27. The number of hydrogen-bond acceptors (Lipinski definition) is 7. The standard InChI is InChI=1S/C23H32N6O3/c1-3-20(22-25-26-27-29(22)15-19-9-5-12-32-19)28(10-6-11-30)14-18-13-17-8-4-7-16(2)21(17)24-23(18)31/h4,7-8,13,19-20,30H,3,5-6,9-12,14-15H2,1-2H3,(H,24,31)/t19-,20+/m0/s1. The molecule has 0 amide bonds. The smallest absolute Gasteiger partial charge is 0.252 e. The summed E-state index contributed by atoms with van der Waals surface area (Å²) in [7, 11) is 0. The predicted octanol–water partition coefficient (Wildman–Crippen LogP) is 2.34. The molecule has 1 aliphatic heterocycles. The first-order chi connectivity index (χ1) is 15.6. The van der Waals surface area contributed by atoms with Gasteiger partial charge in [0, 0.05) is 31.9 Å². The Morgan fingerprint density at radius 3 is 3.03 bits per heavy atom. The maximum Gasteiger partial charge on any atom is 0.252 e. The zero-order valence-electron chi connectivity index (χ0n) is 18.8. The van der Waals surface area contributed by atoms with Gasteiger partial charge in [0.05, 0.1) is 24.2 Å². The Bertz CT molecular complexity index is 1090. The van der Waals surface area contributed by atoms with Crippen LogP contribution in [-0.4, -0.2) is 61.1 Å². The highest BCUT2D eigenvalue weighted by atomic mass is 16.5. The summed E-state index contributed by atoms with van der Waals surface area (Å²) in [5.74, 6) is 0.772. The number of aromatic amines is 1. The summed E-state index contributed by atoms with van der Waals surface area (Å²) in [5.41, 5.74) is 2.52. The molecule has 1 aliphatic rings. The Hall–Kier alpha value is -2.62. The minimum absolute atomic E-state index is 0.0782. The van der Waals surface area contributed by atoms with Crippen molar-refractivity contribution in [1.82, 2.24) is 30.1 Å². The number of benzene rings is 1. The number of nitrogens with zero attached hydrogens (tertiary/aromatic N) is 5. The first-order valence-electron chi connectivity index (χ1n) is 11.4. The highest BCUT2D eigenvalue weighted by Crippen LogP contribution is 2.26. The molecular weight excluding hydrogens is 408 g/mol. The molecule has 0 spiro atoms. The molecule has 4 rings (SSSR count). The van der Waals surface area contributed by atoms with E-state index in [-0.39, 0.29) is 24.3 Å². The van der Waals surface area contributed by atoms with Gasteiger partial charge in [-0.1, -0.05) is 25.1 Å². The number of fused-ring (bicyclic) bond motifs is 1. The van der Waals surface area contributed by atoms with Gasteiger partial charge in [0.15, 0.2) is 5.82 Å². The van der Waals surface area contributed by atoms with E-state index < -0.39 is 0 Å². The molecule has 0 saturated carbocycles. The minimum atomic E-state index is -0.0883. The zero-order valence-corrected chi connectivity index (χ0v) is 18.8. The summed E-state index contributed by atoms with van der Waals surface area (Å²) in [6, 6.07) is 7.89. The van der Waals surface area contributed by atoms with Crippen molar-refractivity contribution in [1.29, 1.82) is 0 Å². The van der Waals surface area contributed by atoms with Crippen molar-refractivity contribution in [2.24, 2.45) is 0 Å². The SMILES string of the molecule is CC[C@H](c1nnnn1C[C@@H]1CCCO1)N(CCCO)Cc1cc2cccc(C)c2[nH]c1=O. The van der Waals surface area contributed by atoms with Crippen LogP contribution in [-0.2, 0) is 17.8 Å². The fourth-order valence-electron chi connectivity index (χ4n) is 4.55. The number of nitrogens with one attached hydrogen (secondary N) is 1. The number of pyridine rings is 1. The molecule has 172 valence electrons. The van der Waals surface area contributed by atoms with Crippen LogP contribution >= 0.6 is 0 Å². The van der Waals surface area contributed by atoms with Crippen LogP contribution < -0.4 is 5.56 Å². The van der Waals surface area contributed by atoms with Crippen molar-refractivity contribution in [3.8, 4) is 0 Å². The molecule has 2 atom stereocenters. The molecule has 0 aliphatic carbocycles. The number of aryl methyl sites for hydroxylation is 1. The first-order valence-corrected chi connectivity index (χ1v) is 11.4. The lowest BCUT2D eigenvalue weighted by Gasteiger charge is -2.30. The molecule has 3 aromatic rings. The molecule has 2 aromatic heterocycles. The highest BCUT2D eigenvalue weighted by molar-refractivity contribution is 5.81. The summed E-state index contributed by atoms with van der Waals surface area (Å²) >= 11 is 0. The molecule has 3 heterocycles. The summed E-state index contributed by atoms with van der Waals surface area (Å²) in [6.45, 7) is 6.66. The van der Waals surface area contributed by atoms with Gasteiger partial charge in [0.25, 0.3) is 5.56 Å². The van der Waals surface area contributed by atoms with Gasteiger partial charge in [-0.25, -0.2) is 4.68 Å². The maximum atomic E-state index is 12.9. The second-order valence-electron chi connectivity index (χ2n) is 8.49. The number of para-hydroxylation sites is 1. The number of ether oxygens (including phenoxy) is 1. The minimum Gasteiger partial charge on any atom is -0.396 e. The Labute approximate surface area is 187 Å². The molecule has 9 nitrogen and oxygen atoms in total. The van der Waals surface area contributed by atoms with Crippen LogP contribution in [0.4, 0.5) is 0 Å². The fourth-order valence-corrected chi connectivity index (χ4v) is 4.55. The van der Waals surface area contributed by atoms with Gasteiger partial charge in [0.1, 0.15) is 0 Å². The first kappa shape index (κ1) is 22.6. The lowest BCUT2D eigenvalue weighted by Crippen LogP contribution is -2.34. The van der Waals surface area contributed by atoms with E-state index in [2.05, 4.69) is 32.3 Å². The van der Waals surface area contributed by atoms with E-state index in [9.17, 15) is 9.90 Å². The lowest BCUT2D eigenvalue weighted by atomic mass is 10.1. The van der Waals surface area contributed by atoms with Crippen LogP contribution in [0.2, 0.25) is 0 Å². The summed E-state index contributed by atoms with van der Waals surface area (Å²) in [5, 5.41) is 23.0.